The minimum Gasteiger partial charge on any atom is -0.0760 e. The molecule has 4 aromatic carbocycles. The summed E-state index contributed by atoms with van der Waals surface area (Å²) in [6.45, 7) is 19.4. The van der Waals surface area contributed by atoms with Gasteiger partial charge in [0.15, 0.2) is 0 Å². The third kappa shape index (κ3) is 4.95. The molecule has 4 aromatic rings. The van der Waals surface area contributed by atoms with E-state index in [-0.39, 0.29) is 10.8 Å². The molecule has 0 nitrogen and oxygen atoms in total. The van der Waals surface area contributed by atoms with Crippen LogP contribution >= 0.6 is 0 Å². The number of allylic oxidation sites excluding steroid dienone is 8. The van der Waals surface area contributed by atoms with E-state index in [0.717, 1.165) is 6.42 Å². The first kappa shape index (κ1) is 34.1. The van der Waals surface area contributed by atoms with Crippen LogP contribution in [-0.2, 0) is 5.41 Å². The smallest absolute Gasteiger partial charge is 0.0152 e. The largest absolute Gasteiger partial charge is 0.0760 e. The molecular weight excluding hydrogens is 661 g/mol. The molecule has 278 valence electrons. The summed E-state index contributed by atoms with van der Waals surface area (Å²) >= 11 is 0. The lowest BCUT2D eigenvalue weighted by Gasteiger charge is -2.37. The van der Waals surface area contributed by atoms with E-state index in [9.17, 15) is 0 Å². The predicted molar refractivity (Wildman–Crippen MR) is 236 cm³/mol. The molecule has 0 aliphatic heterocycles. The van der Waals surface area contributed by atoms with Gasteiger partial charge in [0.2, 0.25) is 0 Å². The number of rotatable bonds is 2. The molecule has 0 saturated carbocycles. The van der Waals surface area contributed by atoms with Crippen LogP contribution in [0.4, 0.5) is 0 Å². The van der Waals surface area contributed by atoms with Crippen molar-refractivity contribution < 1.29 is 0 Å². The second-order valence-electron chi connectivity index (χ2n) is 21.0. The van der Waals surface area contributed by atoms with E-state index in [1.165, 1.54) is 88.9 Å². The van der Waals surface area contributed by atoms with Gasteiger partial charge in [-0.1, -0.05) is 134 Å². The Morgan fingerprint density at radius 1 is 0.618 bits per heavy atom. The molecule has 0 heteroatoms. The van der Waals surface area contributed by atoms with Crippen molar-refractivity contribution in [1.29, 1.82) is 0 Å². The summed E-state index contributed by atoms with van der Waals surface area (Å²) in [4.78, 5) is 0. The van der Waals surface area contributed by atoms with E-state index >= 15 is 0 Å². The maximum atomic E-state index is 2.69. The summed E-state index contributed by atoms with van der Waals surface area (Å²) in [6.07, 6.45) is 23.9. The fourth-order valence-electron chi connectivity index (χ4n) is 12.4. The Balaban J connectivity index is 0.991. The van der Waals surface area contributed by atoms with Crippen LogP contribution in [-0.4, -0.2) is 0 Å². The molecule has 0 spiro atoms. The van der Waals surface area contributed by atoms with Gasteiger partial charge in [-0.05, 0) is 190 Å². The van der Waals surface area contributed by atoms with Crippen LogP contribution < -0.4 is 20.9 Å². The minimum atomic E-state index is 0.0158. The average Bonchev–Trinajstić information content (AvgIpc) is 3.39. The predicted octanol–water partition coefficient (Wildman–Crippen LogP) is 11.8. The topological polar surface area (TPSA) is 0 Å². The van der Waals surface area contributed by atoms with Crippen molar-refractivity contribution in [2.24, 2.45) is 16.7 Å². The highest BCUT2D eigenvalue weighted by molar-refractivity contribution is 5.94. The lowest BCUT2D eigenvalue weighted by molar-refractivity contribution is 0.274. The van der Waals surface area contributed by atoms with Gasteiger partial charge in [0.1, 0.15) is 0 Å². The molecule has 11 rings (SSSR count). The summed E-state index contributed by atoms with van der Waals surface area (Å²) in [6, 6.07) is 19.7. The fraction of sp³-hybridized carbons (Fsp3) is 0.418. The summed E-state index contributed by atoms with van der Waals surface area (Å²) in [5, 5.41) is 12.0. The molecular formula is C55H58. The van der Waals surface area contributed by atoms with Crippen LogP contribution in [0.2, 0.25) is 0 Å². The van der Waals surface area contributed by atoms with Crippen LogP contribution in [0.15, 0.2) is 88.5 Å². The zero-order chi connectivity index (χ0) is 37.8. The number of hydrogen-bond acceptors (Lipinski definition) is 0. The second-order valence-corrected chi connectivity index (χ2v) is 21.0. The maximum Gasteiger partial charge on any atom is 0.0152 e. The third-order valence-corrected chi connectivity index (χ3v) is 15.5. The average molecular weight is 719 g/mol. The van der Waals surface area contributed by atoms with Gasteiger partial charge in [0, 0.05) is 5.41 Å². The Morgan fingerprint density at radius 2 is 1.33 bits per heavy atom. The highest BCUT2D eigenvalue weighted by Gasteiger charge is 2.41. The highest BCUT2D eigenvalue weighted by atomic mass is 14.5. The molecule has 0 fully saturated rings. The molecule has 55 heavy (non-hydrogen) atoms. The van der Waals surface area contributed by atoms with E-state index in [1.54, 1.807) is 66.1 Å². The van der Waals surface area contributed by atoms with Crippen molar-refractivity contribution in [2.45, 2.75) is 130 Å². The van der Waals surface area contributed by atoms with E-state index in [4.69, 9.17) is 0 Å². The Bertz CT molecular complexity index is 2820. The molecule has 0 aromatic heterocycles. The number of hydrogen-bond donors (Lipinski definition) is 0. The first-order valence-electron chi connectivity index (χ1n) is 21.7. The number of fused-ring (bicyclic) bond motifs is 1. The highest BCUT2D eigenvalue weighted by Crippen LogP contribution is 2.56. The van der Waals surface area contributed by atoms with Crippen LogP contribution in [0, 0.1) is 16.7 Å². The molecule has 0 heterocycles. The standard InChI is InChI=1S/C55H58/c1-53(2,3)39-25-35-11-9-31-13-19-41(45-23-17-37(27-39)49(35)51(31)45)33-15-21-43-44-22-16-34(30-48(44)55(7,8)47(43)29-33)42-20-14-32-10-12-36-26-40(54(4,5)6)28-38-18-24-46(42)52(32)50(36)38/h9,11-13,18-19,23-26,28-30,32,37,39H,10,14-17,20-22,27H2,1-8H3. The summed E-state index contributed by atoms with van der Waals surface area (Å²) in [5.74, 6) is 1.92. The molecule has 0 bridgehead atoms. The Hall–Kier alpha value is -4.16. The molecule has 0 amide bonds. The van der Waals surface area contributed by atoms with Crippen LogP contribution in [0.1, 0.15) is 147 Å². The third-order valence-electron chi connectivity index (χ3n) is 15.5. The van der Waals surface area contributed by atoms with Crippen LogP contribution in [0.25, 0.3) is 50.9 Å². The summed E-state index contributed by atoms with van der Waals surface area (Å²) < 4.78 is 0. The van der Waals surface area contributed by atoms with Crippen molar-refractivity contribution in [3.63, 3.8) is 0 Å². The molecule has 3 unspecified atom stereocenters. The van der Waals surface area contributed by atoms with Gasteiger partial charge in [-0.3, -0.25) is 0 Å². The van der Waals surface area contributed by atoms with Gasteiger partial charge in [0.05, 0.1) is 0 Å². The molecule has 7 aliphatic rings. The second kappa shape index (κ2) is 11.5. The van der Waals surface area contributed by atoms with Gasteiger partial charge in [-0.15, -0.1) is 0 Å². The number of benzene rings is 4. The lowest BCUT2D eigenvalue weighted by atomic mass is 9.68. The Morgan fingerprint density at radius 3 is 2.09 bits per heavy atom. The van der Waals surface area contributed by atoms with Crippen molar-refractivity contribution >= 4 is 50.9 Å². The first-order valence-corrected chi connectivity index (χ1v) is 21.7. The van der Waals surface area contributed by atoms with Gasteiger partial charge in [-0.25, -0.2) is 0 Å². The summed E-state index contributed by atoms with van der Waals surface area (Å²) in [7, 11) is 0. The zero-order valence-corrected chi connectivity index (χ0v) is 34.6. The monoisotopic (exact) mass is 718 g/mol. The van der Waals surface area contributed by atoms with Crippen molar-refractivity contribution in [3.05, 3.63) is 132 Å². The normalized spacial score (nSPS) is 24.9. The van der Waals surface area contributed by atoms with Gasteiger partial charge >= 0.3 is 0 Å². The SMILES string of the molecule is CC1(C)C2=C(CCC(C3=c4ccc5cc(C(C)(C)C)cc6c5c4C(CC=6)CC3)=C2)C2=C1C=C(c1ccc3ccc4c5c3c1=CCC5CC(C(C)(C)C)C=4)CC2. The van der Waals surface area contributed by atoms with Crippen molar-refractivity contribution in [2.75, 3.05) is 0 Å². The molecule has 7 aliphatic carbocycles. The van der Waals surface area contributed by atoms with Crippen molar-refractivity contribution in [3.8, 4) is 0 Å². The summed E-state index contributed by atoms with van der Waals surface area (Å²) in [5.41, 5.74) is 18.1. The van der Waals surface area contributed by atoms with Gasteiger partial charge in [0.25, 0.3) is 0 Å². The molecule has 0 radical (unpaired) electrons. The lowest BCUT2D eigenvalue weighted by Crippen LogP contribution is -2.33. The van der Waals surface area contributed by atoms with E-state index in [2.05, 4.69) is 134 Å². The van der Waals surface area contributed by atoms with Crippen molar-refractivity contribution in [1.82, 2.24) is 0 Å². The molecule has 3 atom stereocenters. The van der Waals surface area contributed by atoms with Gasteiger partial charge < -0.3 is 0 Å². The zero-order valence-electron chi connectivity index (χ0n) is 34.6. The Kier molecular flexibility index (Phi) is 7.11. The van der Waals surface area contributed by atoms with Crippen LogP contribution in [0.3, 0.4) is 0 Å². The van der Waals surface area contributed by atoms with Crippen LogP contribution in [0.5, 0.6) is 0 Å². The van der Waals surface area contributed by atoms with E-state index in [1.807, 2.05) is 0 Å². The van der Waals surface area contributed by atoms with E-state index < -0.39 is 0 Å². The van der Waals surface area contributed by atoms with E-state index in [0.29, 0.717) is 23.2 Å². The Labute approximate surface area is 328 Å². The maximum absolute atomic E-state index is 2.69. The molecule has 0 saturated heterocycles. The quantitative estimate of drug-likeness (QED) is 0.194. The van der Waals surface area contributed by atoms with Gasteiger partial charge in [-0.2, -0.15) is 0 Å². The fourth-order valence-corrected chi connectivity index (χ4v) is 12.4. The first-order chi connectivity index (χ1) is 26.3. The molecule has 0 N–H and O–H groups in total. The minimum absolute atomic E-state index is 0.0158.